The fourth-order valence-electron chi connectivity index (χ4n) is 0. The second-order valence-corrected chi connectivity index (χ2v) is 0. The number of hydrogen-bond donors (Lipinski definition) is 0. The van der Waals surface area contributed by atoms with Gasteiger partial charge in [0.05, 0.1) is 0 Å². The van der Waals surface area contributed by atoms with Crippen LogP contribution in [0.3, 0.4) is 0 Å². The first-order valence-corrected chi connectivity index (χ1v) is 0.842. The van der Waals surface area contributed by atoms with Crippen LogP contribution in [0.15, 0.2) is 0 Å². The van der Waals surface area contributed by atoms with Gasteiger partial charge in [0, 0.05) is 17.1 Å². The van der Waals surface area contributed by atoms with Crippen molar-refractivity contribution in [3.63, 3.8) is 0 Å². The Kier molecular flexibility index (Phi) is 86.3. The summed E-state index contributed by atoms with van der Waals surface area (Å²) in [5, 5.41) is 0. The van der Waals surface area contributed by atoms with Crippen molar-refractivity contribution in [2.75, 3.05) is 0 Å². The van der Waals surface area contributed by atoms with Gasteiger partial charge in [0.2, 0.25) is 0 Å². The monoisotopic (exact) mass is 332 g/mol. The van der Waals surface area contributed by atoms with Crippen molar-refractivity contribution in [3.8, 4) is 0 Å². The molecule has 1 nitrogen and oxygen atoms in total. The summed E-state index contributed by atoms with van der Waals surface area (Å²) >= 11 is 0.750. The second-order valence-electron chi connectivity index (χ2n) is 0. The topological polar surface area (TPSA) is 17.1 Å². The third-order valence-electron chi connectivity index (χ3n) is 0. The minimum atomic E-state index is 0. The zero-order valence-corrected chi connectivity index (χ0v) is 10.1. The molecule has 0 unspecified atom stereocenters. The van der Waals surface area contributed by atoms with Gasteiger partial charge in [-0.15, -0.1) is 0 Å². The summed E-state index contributed by atoms with van der Waals surface area (Å²) < 4.78 is 8.25. The second kappa shape index (κ2) is 20.5. The van der Waals surface area contributed by atoms with Crippen molar-refractivity contribution in [3.05, 3.63) is 0 Å². The molecule has 4 heavy (non-hydrogen) atoms. The molecule has 0 radical (unpaired) electrons. The molecule has 0 saturated carbocycles. The Morgan fingerprint density at radius 1 is 1.25 bits per heavy atom. The summed E-state index contributed by atoms with van der Waals surface area (Å²) in [5.74, 6) is 0. The van der Waals surface area contributed by atoms with Crippen LogP contribution in [-0.4, -0.2) is 26.2 Å². The molecule has 0 aromatic rings. The van der Waals surface area contributed by atoms with Gasteiger partial charge in [-0.05, 0) is 0 Å². The first-order valence-electron chi connectivity index (χ1n) is 0.204. The van der Waals surface area contributed by atoms with E-state index in [9.17, 15) is 0 Å². The van der Waals surface area contributed by atoms with Crippen LogP contribution in [0.25, 0.3) is 0 Å². The molecule has 0 rings (SSSR count). The van der Waals surface area contributed by atoms with Gasteiger partial charge in [-0.2, -0.15) is 0 Å². The molecule has 0 atom stereocenters. The van der Waals surface area contributed by atoms with E-state index in [4.69, 9.17) is 3.32 Å². The van der Waals surface area contributed by atoms with Gasteiger partial charge in [-0.3, -0.25) is 0 Å². The maximum atomic E-state index is 8.25. The van der Waals surface area contributed by atoms with Crippen LogP contribution in [0.4, 0.5) is 0 Å². The van der Waals surface area contributed by atoms with Crippen LogP contribution in [0.5, 0.6) is 0 Å². The van der Waals surface area contributed by atoms with E-state index in [0.717, 1.165) is 20.4 Å². The van der Waals surface area contributed by atoms with Crippen LogP contribution in [0.1, 0.15) is 0 Å². The number of hydrogen-bond acceptors (Lipinski definition) is 1. The van der Waals surface area contributed by atoms with E-state index in [2.05, 4.69) is 0 Å². The SMILES string of the molecule is [BiH3].[Fe].[O]=[Ti]. The first-order chi connectivity index (χ1) is 1.00. The molecule has 0 spiro atoms. The molecule has 0 N–H and O–H groups in total. The Morgan fingerprint density at radius 3 is 1.25 bits per heavy atom. The molecule has 0 fully saturated rings. The molecule has 0 heterocycles. The quantitative estimate of drug-likeness (QED) is 0.504. The molecule has 26 valence electrons. The average molecular weight is 332 g/mol. The van der Waals surface area contributed by atoms with Crippen LogP contribution in [-0.2, 0) is 40.8 Å². The van der Waals surface area contributed by atoms with E-state index in [1.165, 1.54) is 0 Å². The predicted octanol–water partition coefficient (Wildman–Crippen LogP) is -1.31. The van der Waals surface area contributed by atoms with Gasteiger partial charge < -0.3 is 0 Å². The van der Waals surface area contributed by atoms with Gasteiger partial charge in [0.25, 0.3) is 0 Å². The normalized spacial score (nSPS) is 0.750. The zero-order valence-electron chi connectivity index (χ0n) is 1.97. The predicted molar refractivity (Wildman–Crippen MR) is 10.6 cm³/mol. The summed E-state index contributed by atoms with van der Waals surface area (Å²) in [4.78, 5) is 0. The van der Waals surface area contributed by atoms with E-state index in [0.29, 0.717) is 0 Å². The van der Waals surface area contributed by atoms with Crippen molar-refractivity contribution >= 4 is 26.2 Å². The van der Waals surface area contributed by atoms with Gasteiger partial charge in [0.15, 0.2) is 0 Å². The van der Waals surface area contributed by atoms with Gasteiger partial charge in [-0.1, -0.05) is 0 Å². The van der Waals surface area contributed by atoms with Crippen LogP contribution in [0, 0.1) is 0 Å². The molecular formula is H3BiFeOTi. The minimum absolute atomic E-state index is 0. The van der Waals surface area contributed by atoms with E-state index >= 15 is 0 Å². The fraction of sp³-hybridized carbons (Fsp3) is 0. The van der Waals surface area contributed by atoms with E-state index in [-0.39, 0.29) is 43.3 Å². The van der Waals surface area contributed by atoms with Gasteiger partial charge in [-0.25, -0.2) is 0 Å². The van der Waals surface area contributed by atoms with E-state index < -0.39 is 0 Å². The fourth-order valence-corrected chi connectivity index (χ4v) is 0. The molecule has 0 amide bonds. The molecule has 0 bridgehead atoms. The average Bonchev–Trinajstić information content (AvgIpc) is 1.00. The molecule has 0 aromatic heterocycles. The van der Waals surface area contributed by atoms with Crippen LogP contribution < -0.4 is 0 Å². The van der Waals surface area contributed by atoms with Crippen molar-refractivity contribution < 1.29 is 40.8 Å². The molecule has 0 aliphatic rings. The van der Waals surface area contributed by atoms with E-state index in [1.54, 1.807) is 0 Å². The molecular weight excluding hydrogens is 329 g/mol. The Labute approximate surface area is 66.2 Å². The molecule has 0 aromatic carbocycles. The third-order valence-corrected chi connectivity index (χ3v) is 0. The molecule has 0 saturated heterocycles. The Balaban J connectivity index is -0.00000000500. The van der Waals surface area contributed by atoms with Crippen molar-refractivity contribution in [2.24, 2.45) is 0 Å². The Morgan fingerprint density at radius 2 is 1.25 bits per heavy atom. The first kappa shape index (κ1) is 16.8. The number of rotatable bonds is 0. The third kappa shape index (κ3) is 9.07. The summed E-state index contributed by atoms with van der Waals surface area (Å²) in [6, 6.07) is 0. The Bertz CT molecular complexity index is 8.00. The van der Waals surface area contributed by atoms with Crippen LogP contribution in [0.2, 0.25) is 0 Å². The van der Waals surface area contributed by atoms with Gasteiger partial charge in [0.1, 0.15) is 0 Å². The molecule has 0 aliphatic heterocycles. The van der Waals surface area contributed by atoms with E-state index in [1.807, 2.05) is 0 Å². The standard InChI is InChI=1S/Bi.Fe.O.Ti.3H. The summed E-state index contributed by atoms with van der Waals surface area (Å²) in [6.07, 6.45) is 0. The Hall–Kier alpha value is 1.92. The zero-order chi connectivity index (χ0) is 2.00. The van der Waals surface area contributed by atoms with Crippen molar-refractivity contribution in [2.45, 2.75) is 0 Å². The summed E-state index contributed by atoms with van der Waals surface area (Å²) in [7, 11) is 0. The van der Waals surface area contributed by atoms with Gasteiger partial charge >= 0.3 is 49.9 Å². The van der Waals surface area contributed by atoms with Crippen molar-refractivity contribution in [1.82, 2.24) is 0 Å². The molecule has 4 heteroatoms. The van der Waals surface area contributed by atoms with Crippen LogP contribution >= 0.6 is 0 Å². The molecule has 0 aliphatic carbocycles. The summed E-state index contributed by atoms with van der Waals surface area (Å²) in [6.45, 7) is 0. The summed E-state index contributed by atoms with van der Waals surface area (Å²) in [5.41, 5.74) is 0. The maximum absolute atomic E-state index is 8.25. The van der Waals surface area contributed by atoms with Crippen molar-refractivity contribution in [1.29, 1.82) is 0 Å².